The molecule has 20 heavy (non-hydrogen) atoms. The molecule has 9 heteroatoms. The molecule has 0 spiro atoms. The first-order valence-corrected chi connectivity index (χ1v) is 7.31. The van der Waals surface area contributed by atoms with E-state index < -0.39 is 9.84 Å². The van der Waals surface area contributed by atoms with E-state index in [0.717, 1.165) is 0 Å². The van der Waals surface area contributed by atoms with Crippen molar-refractivity contribution in [3.63, 3.8) is 0 Å². The van der Waals surface area contributed by atoms with Gasteiger partial charge in [0.15, 0.2) is 15.7 Å². The van der Waals surface area contributed by atoms with E-state index in [1.54, 1.807) is 6.07 Å². The Labute approximate surface area is 115 Å². The highest BCUT2D eigenvalue weighted by atomic mass is 32.2. The molecule has 0 aliphatic carbocycles. The number of hydrogen-bond acceptors (Lipinski definition) is 6. The molecular formula is C11H13N5O3S. The maximum absolute atomic E-state index is 12.2. The number of sulfone groups is 1. The average molecular weight is 295 g/mol. The monoisotopic (exact) mass is 295 g/mol. The first kappa shape index (κ1) is 14.0. The third-order valence-electron chi connectivity index (χ3n) is 2.65. The van der Waals surface area contributed by atoms with E-state index in [1.807, 2.05) is 0 Å². The van der Waals surface area contributed by atoms with E-state index in [4.69, 9.17) is 10.9 Å². The zero-order chi connectivity index (χ0) is 14.6. The summed E-state index contributed by atoms with van der Waals surface area (Å²) < 4.78 is 25.8. The Balaban J connectivity index is 2.21. The van der Waals surface area contributed by atoms with Crippen molar-refractivity contribution in [1.29, 1.82) is 0 Å². The lowest BCUT2D eigenvalue weighted by atomic mass is 10.2. The maximum atomic E-state index is 12.2. The Morgan fingerprint density at radius 1 is 1.45 bits per heavy atom. The Morgan fingerprint density at radius 3 is 2.90 bits per heavy atom. The van der Waals surface area contributed by atoms with Gasteiger partial charge in [-0.05, 0) is 12.1 Å². The summed E-state index contributed by atoms with van der Waals surface area (Å²) >= 11 is 0. The van der Waals surface area contributed by atoms with Crippen LogP contribution in [0.5, 0.6) is 0 Å². The van der Waals surface area contributed by atoms with Gasteiger partial charge in [0.25, 0.3) is 0 Å². The number of nitrogens with two attached hydrogens (primary N) is 1. The van der Waals surface area contributed by atoms with Crippen LogP contribution in [0.15, 0.2) is 47.0 Å². The third-order valence-corrected chi connectivity index (χ3v) is 4.34. The molecule has 3 N–H and O–H groups in total. The van der Waals surface area contributed by atoms with Crippen LogP contribution in [0.25, 0.3) is 0 Å². The molecule has 0 atom stereocenters. The van der Waals surface area contributed by atoms with Crippen LogP contribution in [0.3, 0.4) is 0 Å². The van der Waals surface area contributed by atoms with Crippen molar-refractivity contribution in [3.05, 3.63) is 42.5 Å². The van der Waals surface area contributed by atoms with Gasteiger partial charge in [0, 0.05) is 5.56 Å². The molecule has 0 bridgehead atoms. The van der Waals surface area contributed by atoms with Crippen LogP contribution in [0, 0.1) is 0 Å². The molecule has 0 saturated carbocycles. The standard InChI is InChI=1S/C11H13N5O3S/c12-11(15-17)9-2-1-3-10(6-9)20(18,19)5-4-16-8-13-7-14-16/h1-3,6-8,17H,4-5H2,(H2,12,15). The third kappa shape index (κ3) is 3.12. The van der Waals surface area contributed by atoms with Crippen molar-refractivity contribution in [2.45, 2.75) is 11.4 Å². The second-order valence-corrected chi connectivity index (χ2v) is 6.10. The van der Waals surface area contributed by atoms with E-state index >= 15 is 0 Å². The minimum atomic E-state index is -3.48. The smallest absolute Gasteiger partial charge is 0.180 e. The molecule has 1 aromatic carbocycles. The molecule has 2 rings (SSSR count). The highest BCUT2D eigenvalue weighted by Crippen LogP contribution is 2.13. The summed E-state index contributed by atoms with van der Waals surface area (Å²) in [6.45, 7) is 0.204. The SMILES string of the molecule is N/C(=N/O)c1cccc(S(=O)(=O)CCn2cncn2)c1. The van der Waals surface area contributed by atoms with Crippen LogP contribution in [-0.2, 0) is 16.4 Å². The lowest BCUT2D eigenvalue weighted by molar-refractivity contribution is 0.318. The Morgan fingerprint density at radius 2 is 2.25 bits per heavy atom. The van der Waals surface area contributed by atoms with Crippen molar-refractivity contribution < 1.29 is 13.6 Å². The number of amidine groups is 1. The number of benzene rings is 1. The first-order valence-electron chi connectivity index (χ1n) is 5.66. The van der Waals surface area contributed by atoms with E-state index in [1.165, 1.54) is 35.5 Å². The highest BCUT2D eigenvalue weighted by Gasteiger charge is 2.15. The normalized spacial score (nSPS) is 12.5. The molecule has 0 fully saturated rings. The maximum Gasteiger partial charge on any atom is 0.180 e. The number of rotatable bonds is 5. The number of aryl methyl sites for hydroxylation is 1. The van der Waals surface area contributed by atoms with Gasteiger partial charge in [0.1, 0.15) is 12.7 Å². The van der Waals surface area contributed by atoms with Gasteiger partial charge in [-0.1, -0.05) is 17.3 Å². The van der Waals surface area contributed by atoms with Gasteiger partial charge in [0.05, 0.1) is 17.2 Å². The number of nitrogens with zero attached hydrogens (tertiary/aromatic N) is 4. The van der Waals surface area contributed by atoms with E-state index in [2.05, 4.69) is 15.2 Å². The Bertz CT molecular complexity index is 709. The number of hydrogen-bond donors (Lipinski definition) is 2. The molecule has 2 aromatic rings. The van der Waals surface area contributed by atoms with Crippen LogP contribution in [0.2, 0.25) is 0 Å². The second-order valence-electron chi connectivity index (χ2n) is 3.99. The van der Waals surface area contributed by atoms with Crippen LogP contribution in [0.1, 0.15) is 5.56 Å². The van der Waals surface area contributed by atoms with Gasteiger partial charge in [-0.25, -0.2) is 13.4 Å². The fraction of sp³-hybridized carbons (Fsp3) is 0.182. The van der Waals surface area contributed by atoms with E-state index in [0.29, 0.717) is 5.56 Å². The fourth-order valence-electron chi connectivity index (χ4n) is 1.59. The van der Waals surface area contributed by atoms with Gasteiger partial charge >= 0.3 is 0 Å². The van der Waals surface area contributed by atoms with E-state index in [9.17, 15) is 8.42 Å². The predicted molar refractivity (Wildman–Crippen MR) is 71.0 cm³/mol. The number of oxime groups is 1. The van der Waals surface area contributed by atoms with Crippen molar-refractivity contribution >= 4 is 15.7 Å². The summed E-state index contributed by atoms with van der Waals surface area (Å²) in [5.41, 5.74) is 5.78. The fourth-order valence-corrected chi connectivity index (χ4v) is 2.84. The van der Waals surface area contributed by atoms with E-state index in [-0.39, 0.29) is 23.0 Å². The Kier molecular flexibility index (Phi) is 3.99. The molecule has 1 heterocycles. The van der Waals surface area contributed by atoms with Crippen molar-refractivity contribution in [2.75, 3.05) is 5.75 Å². The molecular weight excluding hydrogens is 282 g/mol. The molecule has 1 aromatic heterocycles. The van der Waals surface area contributed by atoms with Crippen LogP contribution < -0.4 is 5.73 Å². The lowest BCUT2D eigenvalue weighted by Crippen LogP contribution is -2.16. The molecule has 106 valence electrons. The van der Waals surface area contributed by atoms with Crippen LogP contribution in [-0.4, -0.2) is 40.0 Å². The first-order chi connectivity index (χ1) is 9.53. The van der Waals surface area contributed by atoms with Gasteiger partial charge in [0.2, 0.25) is 0 Å². The molecule has 0 unspecified atom stereocenters. The molecule has 0 aliphatic heterocycles. The summed E-state index contributed by atoms with van der Waals surface area (Å²) in [5, 5.41) is 15.3. The predicted octanol–water partition coefficient (Wildman–Crippen LogP) is -0.154. The lowest BCUT2D eigenvalue weighted by Gasteiger charge is -2.06. The molecule has 0 amide bonds. The van der Waals surface area contributed by atoms with Crippen LogP contribution in [0.4, 0.5) is 0 Å². The minimum Gasteiger partial charge on any atom is -0.409 e. The molecule has 0 radical (unpaired) electrons. The van der Waals surface area contributed by atoms with Crippen LogP contribution >= 0.6 is 0 Å². The van der Waals surface area contributed by atoms with Gasteiger partial charge in [-0.2, -0.15) is 5.10 Å². The molecule has 8 nitrogen and oxygen atoms in total. The summed E-state index contributed by atoms with van der Waals surface area (Å²) in [5.74, 6) is -0.256. The largest absolute Gasteiger partial charge is 0.409 e. The summed E-state index contributed by atoms with van der Waals surface area (Å²) in [7, 11) is -3.48. The van der Waals surface area contributed by atoms with Crippen molar-refractivity contribution in [1.82, 2.24) is 14.8 Å². The second kappa shape index (κ2) is 5.70. The van der Waals surface area contributed by atoms with Gasteiger partial charge in [-0.15, -0.1) is 0 Å². The molecule has 0 aliphatic rings. The average Bonchev–Trinajstić information content (AvgIpc) is 2.98. The zero-order valence-corrected chi connectivity index (χ0v) is 11.2. The quantitative estimate of drug-likeness (QED) is 0.342. The summed E-state index contributed by atoms with van der Waals surface area (Å²) in [4.78, 5) is 3.85. The Hall–Kier alpha value is -2.42. The summed E-state index contributed by atoms with van der Waals surface area (Å²) in [6, 6.07) is 5.93. The van der Waals surface area contributed by atoms with Crippen molar-refractivity contribution in [3.8, 4) is 0 Å². The minimum absolute atomic E-state index is 0.113. The van der Waals surface area contributed by atoms with Crippen molar-refractivity contribution in [2.24, 2.45) is 10.9 Å². The van der Waals surface area contributed by atoms with Gasteiger partial charge < -0.3 is 10.9 Å². The molecule has 0 saturated heterocycles. The number of aromatic nitrogens is 3. The topological polar surface area (TPSA) is 123 Å². The zero-order valence-electron chi connectivity index (χ0n) is 10.4. The van der Waals surface area contributed by atoms with Gasteiger partial charge in [-0.3, -0.25) is 4.68 Å². The highest BCUT2D eigenvalue weighted by molar-refractivity contribution is 7.91. The summed E-state index contributed by atoms with van der Waals surface area (Å²) in [6.07, 6.45) is 2.79.